The van der Waals surface area contributed by atoms with Gasteiger partial charge < -0.3 is 9.64 Å². The number of morpholine rings is 1. The van der Waals surface area contributed by atoms with Crippen molar-refractivity contribution < 1.29 is 13.2 Å². The van der Waals surface area contributed by atoms with Crippen molar-refractivity contribution in [1.82, 2.24) is 9.62 Å². The van der Waals surface area contributed by atoms with Crippen LogP contribution in [0.25, 0.3) is 0 Å². The minimum absolute atomic E-state index is 0.0226. The number of hydrogen-bond donors (Lipinski definition) is 1. The number of rotatable bonds is 6. The maximum atomic E-state index is 13.1. The number of fused-ring (bicyclic) bond motifs is 1. The van der Waals surface area contributed by atoms with E-state index < -0.39 is 10.0 Å². The quantitative estimate of drug-likeness (QED) is 0.765. The highest BCUT2D eigenvalue weighted by Gasteiger charge is 2.27. The van der Waals surface area contributed by atoms with Crippen molar-refractivity contribution in [2.24, 2.45) is 0 Å². The molecule has 0 saturated carbocycles. The second-order valence-electron chi connectivity index (χ2n) is 8.34. The summed E-state index contributed by atoms with van der Waals surface area (Å²) >= 11 is 0. The summed E-state index contributed by atoms with van der Waals surface area (Å²) in [5.41, 5.74) is 5.60. The van der Waals surface area contributed by atoms with Crippen LogP contribution in [0.3, 0.4) is 0 Å². The largest absolute Gasteiger partial charge is 0.379 e. The highest BCUT2D eigenvalue weighted by Crippen LogP contribution is 2.31. The third kappa shape index (κ3) is 4.39. The maximum absolute atomic E-state index is 13.1. The first-order valence-corrected chi connectivity index (χ1v) is 12.1. The monoisotopic (exact) mass is 429 g/mol. The lowest BCUT2D eigenvalue weighted by atomic mass is 10.0. The standard InChI is InChI=1S/C23H31N3O3S/c1-17-4-7-23(18(2)14-17)30(27,28)24-16-22(26-10-12-29-13-11-26)19-5-6-21-20(15-19)8-9-25(21)3/h4-7,14-15,22,24H,8-13,16H2,1-3H3/t22-/m0/s1. The molecule has 1 saturated heterocycles. The van der Waals surface area contributed by atoms with Gasteiger partial charge in [-0.3, -0.25) is 4.90 Å². The Bertz CT molecular complexity index is 1020. The first-order valence-electron chi connectivity index (χ1n) is 10.6. The minimum atomic E-state index is -3.59. The average Bonchev–Trinajstić information content (AvgIpc) is 3.09. The maximum Gasteiger partial charge on any atom is 0.240 e. The first-order chi connectivity index (χ1) is 14.3. The fourth-order valence-corrected chi connectivity index (χ4v) is 5.77. The molecule has 0 unspecified atom stereocenters. The van der Waals surface area contributed by atoms with Crippen LogP contribution >= 0.6 is 0 Å². The summed E-state index contributed by atoms with van der Waals surface area (Å²) in [6, 6.07) is 12.0. The van der Waals surface area contributed by atoms with Gasteiger partial charge >= 0.3 is 0 Å². The lowest BCUT2D eigenvalue weighted by molar-refractivity contribution is 0.0172. The van der Waals surface area contributed by atoms with E-state index in [0.717, 1.165) is 42.7 Å². The third-order valence-electron chi connectivity index (χ3n) is 6.19. The Balaban J connectivity index is 1.59. The molecule has 1 fully saturated rings. The first kappa shape index (κ1) is 21.3. The molecule has 2 aromatic rings. The van der Waals surface area contributed by atoms with E-state index >= 15 is 0 Å². The molecule has 30 heavy (non-hydrogen) atoms. The molecule has 0 radical (unpaired) electrons. The lowest BCUT2D eigenvalue weighted by Crippen LogP contribution is -2.43. The molecule has 0 bridgehead atoms. The van der Waals surface area contributed by atoms with E-state index in [-0.39, 0.29) is 6.04 Å². The van der Waals surface area contributed by atoms with E-state index in [1.165, 1.54) is 11.3 Å². The highest BCUT2D eigenvalue weighted by molar-refractivity contribution is 7.89. The molecule has 0 spiro atoms. The molecule has 0 amide bonds. The van der Waals surface area contributed by atoms with Crippen molar-refractivity contribution in [3.8, 4) is 0 Å². The Morgan fingerprint density at radius 1 is 1.07 bits per heavy atom. The number of anilines is 1. The zero-order valence-electron chi connectivity index (χ0n) is 18.0. The van der Waals surface area contributed by atoms with Crippen LogP contribution in [0.2, 0.25) is 0 Å². The van der Waals surface area contributed by atoms with Gasteiger partial charge in [-0.1, -0.05) is 29.8 Å². The topological polar surface area (TPSA) is 61.9 Å². The molecular weight excluding hydrogens is 398 g/mol. The van der Waals surface area contributed by atoms with E-state index in [1.54, 1.807) is 6.07 Å². The lowest BCUT2D eigenvalue weighted by Gasteiger charge is -2.35. The van der Waals surface area contributed by atoms with E-state index in [2.05, 4.69) is 39.8 Å². The summed E-state index contributed by atoms with van der Waals surface area (Å²) in [7, 11) is -1.47. The van der Waals surface area contributed by atoms with Crippen LogP contribution in [0.1, 0.15) is 28.3 Å². The van der Waals surface area contributed by atoms with Gasteiger partial charge in [-0.2, -0.15) is 0 Å². The summed E-state index contributed by atoms with van der Waals surface area (Å²) in [5.74, 6) is 0. The number of aryl methyl sites for hydroxylation is 2. The minimum Gasteiger partial charge on any atom is -0.379 e. The van der Waals surface area contributed by atoms with Crippen LogP contribution in [0, 0.1) is 13.8 Å². The second kappa shape index (κ2) is 8.67. The van der Waals surface area contributed by atoms with E-state index in [0.29, 0.717) is 24.7 Å². The molecule has 162 valence electrons. The molecule has 4 rings (SSSR count). The summed E-state index contributed by atoms with van der Waals surface area (Å²) < 4.78 is 34.5. The number of benzene rings is 2. The fraction of sp³-hybridized carbons (Fsp3) is 0.478. The Labute approximate surface area is 179 Å². The summed E-state index contributed by atoms with van der Waals surface area (Å²) in [6.45, 7) is 8.13. The number of nitrogens with one attached hydrogen (secondary N) is 1. The van der Waals surface area contributed by atoms with Crippen LogP contribution in [0.4, 0.5) is 5.69 Å². The van der Waals surface area contributed by atoms with Crippen LogP contribution in [-0.2, 0) is 21.2 Å². The molecule has 2 aliphatic rings. The number of likely N-dealkylation sites (N-methyl/N-ethyl adjacent to an activating group) is 1. The van der Waals surface area contributed by atoms with Gasteiger partial charge in [0.15, 0.2) is 0 Å². The van der Waals surface area contributed by atoms with Gasteiger partial charge in [0, 0.05) is 45.0 Å². The van der Waals surface area contributed by atoms with Crippen LogP contribution < -0.4 is 9.62 Å². The van der Waals surface area contributed by atoms with Crippen LogP contribution in [0.15, 0.2) is 41.3 Å². The Morgan fingerprint density at radius 3 is 2.57 bits per heavy atom. The van der Waals surface area contributed by atoms with Crippen LogP contribution in [0.5, 0.6) is 0 Å². The molecule has 2 aromatic carbocycles. The molecular formula is C23H31N3O3S. The van der Waals surface area contributed by atoms with Gasteiger partial charge in [0.05, 0.1) is 18.1 Å². The fourth-order valence-electron chi connectivity index (χ4n) is 4.51. The number of ether oxygens (including phenoxy) is 1. The summed E-state index contributed by atoms with van der Waals surface area (Å²) in [4.78, 5) is 4.95. The molecule has 2 aliphatic heterocycles. The van der Waals surface area contributed by atoms with E-state index in [1.807, 2.05) is 26.0 Å². The Kier molecular flexibility index (Phi) is 6.16. The number of hydrogen-bond acceptors (Lipinski definition) is 5. The van der Waals surface area contributed by atoms with Gasteiger partial charge in [-0.05, 0) is 49.1 Å². The van der Waals surface area contributed by atoms with Gasteiger partial charge in [-0.15, -0.1) is 0 Å². The van der Waals surface area contributed by atoms with Gasteiger partial charge in [0.2, 0.25) is 10.0 Å². The molecule has 1 N–H and O–H groups in total. The Morgan fingerprint density at radius 2 is 1.83 bits per heavy atom. The molecule has 2 heterocycles. The smallest absolute Gasteiger partial charge is 0.240 e. The third-order valence-corrected chi connectivity index (χ3v) is 7.77. The van der Waals surface area contributed by atoms with Crippen molar-refractivity contribution in [2.75, 3.05) is 51.3 Å². The van der Waals surface area contributed by atoms with E-state index in [9.17, 15) is 8.42 Å². The molecule has 0 aromatic heterocycles. The number of nitrogens with zero attached hydrogens (tertiary/aromatic N) is 2. The van der Waals surface area contributed by atoms with Crippen molar-refractivity contribution in [3.63, 3.8) is 0 Å². The highest BCUT2D eigenvalue weighted by atomic mass is 32.2. The zero-order chi connectivity index (χ0) is 21.3. The van der Waals surface area contributed by atoms with Crippen molar-refractivity contribution in [2.45, 2.75) is 31.2 Å². The van der Waals surface area contributed by atoms with Gasteiger partial charge in [0.25, 0.3) is 0 Å². The summed E-state index contributed by atoms with van der Waals surface area (Å²) in [6.07, 6.45) is 1.03. The average molecular weight is 430 g/mol. The Hall–Kier alpha value is -1.93. The van der Waals surface area contributed by atoms with E-state index in [4.69, 9.17) is 4.74 Å². The molecule has 0 aliphatic carbocycles. The molecule has 6 nitrogen and oxygen atoms in total. The molecule has 7 heteroatoms. The van der Waals surface area contributed by atoms with Crippen molar-refractivity contribution in [3.05, 3.63) is 58.7 Å². The van der Waals surface area contributed by atoms with Gasteiger partial charge in [0.1, 0.15) is 0 Å². The predicted molar refractivity (Wildman–Crippen MR) is 120 cm³/mol. The van der Waals surface area contributed by atoms with Gasteiger partial charge in [-0.25, -0.2) is 13.1 Å². The van der Waals surface area contributed by atoms with Crippen LogP contribution in [-0.4, -0.2) is 59.8 Å². The zero-order valence-corrected chi connectivity index (χ0v) is 18.8. The van der Waals surface area contributed by atoms with Crippen molar-refractivity contribution >= 4 is 15.7 Å². The predicted octanol–water partition coefficient (Wildman–Crippen LogP) is 2.65. The SMILES string of the molecule is Cc1ccc(S(=O)(=O)NC[C@@H](c2ccc3c(c2)CCN3C)N2CCOCC2)c(C)c1. The second-order valence-corrected chi connectivity index (χ2v) is 10.1. The normalized spacial score (nSPS) is 18.4. The number of sulfonamides is 1. The summed E-state index contributed by atoms with van der Waals surface area (Å²) in [5, 5.41) is 0. The molecule has 1 atom stereocenters. The van der Waals surface area contributed by atoms with Crippen molar-refractivity contribution in [1.29, 1.82) is 0 Å².